The lowest BCUT2D eigenvalue weighted by molar-refractivity contribution is -0.140. The highest BCUT2D eigenvalue weighted by Gasteiger charge is 2.51. The molecule has 0 aliphatic heterocycles. The van der Waals surface area contributed by atoms with E-state index in [1.165, 1.54) is 0 Å². The summed E-state index contributed by atoms with van der Waals surface area (Å²) in [4.78, 5) is 16.1. The van der Waals surface area contributed by atoms with Crippen LogP contribution in [0.15, 0.2) is 102 Å². The number of nitrogens with one attached hydrogen (secondary N) is 1. The Balaban J connectivity index is 1.24. The molecule has 0 unspecified atom stereocenters. The molecule has 1 saturated carbocycles. The Morgan fingerprint density at radius 1 is 0.838 bits per heavy atom. The van der Waals surface area contributed by atoms with Crippen LogP contribution >= 0.6 is 0 Å². The molecule has 2 N–H and O–H groups in total. The molecular formula is C31H25N3O3. The van der Waals surface area contributed by atoms with Gasteiger partial charge in [0.2, 0.25) is 0 Å². The van der Waals surface area contributed by atoms with Crippen LogP contribution in [0.3, 0.4) is 0 Å². The lowest BCUT2D eigenvalue weighted by atomic mass is 9.93. The number of aliphatic carboxylic acids is 1. The Kier molecular flexibility index (Phi) is 5.57. The van der Waals surface area contributed by atoms with Crippen LogP contribution in [0.2, 0.25) is 0 Å². The molecule has 0 radical (unpaired) electrons. The Morgan fingerprint density at radius 2 is 1.46 bits per heavy atom. The number of nitrogens with zero attached hydrogens (tertiary/aromatic N) is 2. The van der Waals surface area contributed by atoms with E-state index in [2.05, 4.69) is 27.6 Å². The molecule has 1 aliphatic rings. The van der Waals surface area contributed by atoms with E-state index in [-0.39, 0.29) is 0 Å². The van der Waals surface area contributed by atoms with Crippen molar-refractivity contribution in [1.82, 2.24) is 10.1 Å². The number of carboxylic acids is 1. The highest BCUT2D eigenvalue weighted by molar-refractivity contribution is 5.85. The van der Waals surface area contributed by atoms with Gasteiger partial charge in [-0.1, -0.05) is 84.0 Å². The van der Waals surface area contributed by atoms with Crippen LogP contribution in [-0.4, -0.2) is 21.2 Å². The molecule has 2 aromatic heterocycles. The van der Waals surface area contributed by atoms with Crippen molar-refractivity contribution < 1.29 is 14.4 Å². The van der Waals surface area contributed by atoms with Gasteiger partial charge in [0.15, 0.2) is 5.76 Å². The molecule has 37 heavy (non-hydrogen) atoms. The topological polar surface area (TPSA) is 88.2 Å². The quantitative estimate of drug-likeness (QED) is 0.252. The highest BCUT2D eigenvalue weighted by Crippen LogP contribution is 2.48. The van der Waals surface area contributed by atoms with Gasteiger partial charge in [0.1, 0.15) is 17.2 Å². The van der Waals surface area contributed by atoms with Crippen molar-refractivity contribution in [3.05, 3.63) is 108 Å². The van der Waals surface area contributed by atoms with Crippen molar-refractivity contribution in [3.8, 4) is 33.6 Å². The van der Waals surface area contributed by atoms with Gasteiger partial charge in [0.05, 0.1) is 5.41 Å². The summed E-state index contributed by atoms with van der Waals surface area (Å²) in [7, 11) is 0. The first-order valence-electron chi connectivity index (χ1n) is 12.2. The van der Waals surface area contributed by atoms with Crippen LogP contribution in [-0.2, 0) is 10.2 Å². The Morgan fingerprint density at radius 3 is 2.11 bits per heavy atom. The van der Waals surface area contributed by atoms with Gasteiger partial charge in [-0.05, 0) is 59.7 Å². The fraction of sp³-hybridized carbons (Fsp3) is 0.129. The van der Waals surface area contributed by atoms with Gasteiger partial charge in [0, 0.05) is 11.8 Å². The Bertz CT molecular complexity index is 1570. The third-order valence-electron chi connectivity index (χ3n) is 7.06. The second-order valence-electron chi connectivity index (χ2n) is 9.43. The first kappa shape index (κ1) is 22.7. The summed E-state index contributed by atoms with van der Waals surface area (Å²) in [6, 6.07) is 30.1. The molecular weight excluding hydrogens is 462 g/mol. The number of aromatic nitrogens is 2. The molecule has 6 heteroatoms. The van der Waals surface area contributed by atoms with E-state index in [1.54, 1.807) is 6.20 Å². The second kappa shape index (κ2) is 9.06. The van der Waals surface area contributed by atoms with E-state index < -0.39 is 11.4 Å². The number of benzene rings is 3. The molecule has 0 saturated heterocycles. The molecule has 0 spiro atoms. The third kappa shape index (κ3) is 4.27. The molecule has 5 aromatic rings. The fourth-order valence-corrected chi connectivity index (χ4v) is 4.70. The zero-order valence-electron chi connectivity index (χ0n) is 20.3. The maximum Gasteiger partial charge on any atom is 0.314 e. The van der Waals surface area contributed by atoms with E-state index in [4.69, 9.17) is 4.52 Å². The van der Waals surface area contributed by atoms with Gasteiger partial charge in [-0.25, -0.2) is 4.98 Å². The molecule has 2 heterocycles. The van der Waals surface area contributed by atoms with Crippen LogP contribution in [0.4, 0.5) is 11.5 Å². The van der Waals surface area contributed by atoms with Crippen molar-refractivity contribution in [2.24, 2.45) is 0 Å². The van der Waals surface area contributed by atoms with Gasteiger partial charge >= 0.3 is 5.97 Å². The van der Waals surface area contributed by atoms with E-state index >= 15 is 0 Å². The van der Waals surface area contributed by atoms with Gasteiger partial charge in [-0.3, -0.25) is 4.79 Å². The molecule has 6 nitrogen and oxygen atoms in total. The van der Waals surface area contributed by atoms with Gasteiger partial charge < -0.3 is 14.9 Å². The number of carboxylic acid groups (broad SMARTS) is 1. The Hall–Kier alpha value is -4.71. The number of hydrogen-bond donors (Lipinski definition) is 2. The minimum Gasteiger partial charge on any atom is -0.481 e. The number of anilines is 2. The average molecular weight is 488 g/mol. The zero-order valence-corrected chi connectivity index (χ0v) is 20.3. The smallest absolute Gasteiger partial charge is 0.314 e. The molecule has 1 aliphatic carbocycles. The summed E-state index contributed by atoms with van der Waals surface area (Å²) in [5.41, 5.74) is 6.86. The lowest BCUT2D eigenvalue weighted by Gasteiger charge is -2.11. The maximum atomic E-state index is 11.6. The summed E-state index contributed by atoms with van der Waals surface area (Å²) in [5.74, 6) is 0.613. The lowest BCUT2D eigenvalue weighted by Crippen LogP contribution is -2.19. The summed E-state index contributed by atoms with van der Waals surface area (Å²) < 4.78 is 5.70. The number of carbonyl (C=O) groups is 1. The standard InChI is InChI=1S/C31H25N3O3/c1-20-28(33-27-19-25(15-18-32-27)21-5-3-2-4-6-21)29(37-34-20)24-9-7-22(8-10-24)23-11-13-26(14-12-23)31(16-17-31)30(35)36/h2-15,18-19H,16-17H2,1H3,(H,32,33)(H,35,36). The van der Waals surface area contributed by atoms with E-state index in [1.807, 2.05) is 85.8 Å². The van der Waals surface area contributed by atoms with E-state index in [0.717, 1.165) is 44.8 Å². The molecule has 0 bridgehead atoms. The Labute approximate surface area is 214 Å². The molecule has 1 fully saturated rings. The predicted octanol–water partition coefficient (Wildman–Crippen LogP) is 7.24. The van der Waals surface area contributed by atoms with Crippen molar-refractivity contribution in [2.75, 3.05) is 5.32 Å². The summed E-state index contributed by atoms with van der Waals surface area (Å²) in [5, 5.41) is 17.1. The normalized spacial score (nSPS) is 13.8. The molecule has 0 amide bonds. The third-order valence-corrected chi connectivity index (χ3v) is 7.06. The molecule has 6 rings (SSSR count). The zero-order chi connectivity index (χ0) is 25.4. The minimum atomic E-state index is -0.738. The number of rotatable bonds is 7. The first-order valence-corrected chi connectivity index (χ1v) is 12.2. The van der Waals surface area contributed by atoms with Crippen molar-refractivity contribution in [3.63, 3.8) is 0 Å². The van der Waals surface area contributed by atoms with Gasteiger partial charge in [-0.15, -0.1) is 0 Å². The minimum absolute atomic E-state index is 0.642. The number of aryl methyl sites for hydroxylation is 1. The fourth-order valence-electron chi connectivity index (χ4n) is 4.70. The predicted molar refractivity (Wildman–Crippen MR) is 144 cm³/mol. The van der Waals surface area contributed by atoms with Crippen molar-refractivity contribution >= 4 is 17.5 Å². The maximum absolute atomic E-state index is 11.6. The van der Waals surface area contributed by atoms with Gasteiger partial charge in [0.25, 0.3) is 0 Å². The van der Waals surface area contributed by atoms with E-state index in [0.29, 0.717) is 24.4 Å². The van der Waals surface area contributed by atoms with Crippen LogP contribution in [0.5, 0.6) is 0 Å². The largest absolute Gasteiger partial charge is 0.481 e. The highest BCUT2D eigenvalue weighted by atomic mass is 16.5. The van der Waals surface area contributed by atoms with Crippen LogP contribution in [0.1, 0.15) is 24.1 Å². The van der Waals surface area contributed by atoms with Crippen LogP contribution in [0.25, 0.3) is 33.6 Å². The molecule has 0 atom stereocenters. The van der Waals surface area contributed by atoms with E-state index in [9.17, 15) is 9.90 Å². The second-order valence-corrected chi connectivity index (χ2v) is 9.43. The number of hydrogen-bond acceptors (Lipinski definition) is 5. The molecule has 3 aromatic carbocycles. The summed E-state index contributed by atoms with van der Waals surface area (Å²) in [6.45, 7) is 1.90. The molecule has 182 valence electrons. The SMILES string of the molecule is Cc1noc(-c2ccc(-c3ccc(C4(C(=O)O)CC4)cc3)cc2)c1Nc1cc(-c2ccccc2)ccn1. The van der Waals surface area contributed by atoms with Crippen LogP contribution in [0, 0.1) is 6.92 Å². The average Bonchev–Trinajstić information content (AvgIpc) is 3.69. The monoisotopic (exact) mass is 487 g/mol. The van der Waals surface area contributed by atoms with Crippen molar-refractivity contribution in [1.29, 1.82) is 0 Å². The summed E-state index contributed by atoms with van der Waals surface area (Å²) in [6.07, 6.45) is 3.19. The van der Waals surface area contributed by atoms with Gasteiger partial charge in [-0.2, -0.15) is 0 Å². The number of pyridine rings is 1. The van der Waals surface area contributed by atoms with Crippen LogP contribution < -0.4 is 5.32 Å². The summed E-state index contributed by atoms with van der Waals surface area (Å²) >= 11 is 0. The first-order chi connectivity index (χ1) is 18.0. The van der Waals surface area contributed by atoms with Crippen molar-refractivity contribution in [2.45, 2.75) is 25.2 Å².